The van der Waals surface area contributed by atoms with Crippen LogP contribution in [0.4, 0.5) is 0 Å². The van der Waals surface area contributed by atoms with Gasteiger partial charge in [0.25, 0.3) is 0 Å². The molecule has 1 rings (SSSR count). The van der Waals surface area contributed by atoms with Crippen LogP contribution in [0.15, 0.2) is 30.3 Å². The van der Waals surface area contributed by atoms with Gasteiger partial charge in [-0.2, -0.15) is 0 Å². The maximum absolute atomic E-state index is 11.2. The van der Waals surface area contributed by atoms with Gasteiger partial charge in [-0.05, 0) is 25.5 Å². The van der Waals surface area contributed by atoms with Crippen LogP contribution in [0.2, 0.25) is 0 Å². The molecule has 0 aliphatic carbocycles. The highest BCUT2D eigenvalue weighted by Gasteiger charge is 2.24. The molecular formula is C16H25NO. The molecule has 1 aromatic carbocycles. The van der Waals surface area contributed by atoms with Gasteiger partial charge in [-0.1, -0.05) is 50.6 Å². The summed E-state index contributed by atoms with van der Waals surface area (Å²) in [5.74, 6) is 0. The van der Waals surface area contributed by atoms with Gasteiger partial charge in [-0.3, -0.25) is 0 Å². The van der Waals surface area contributed by atoms with Crippen molar-refractivity contribution in [3.63, 3.8) is 0 Å². The molecular weight excluding hydrogens is 222 g/mol. The number of aldehydes is 1. The molecule has 0 aliphatic rings. The summed E-state index contributed by atoms with van der Waals surface area (Å²) in [6.45, 7) is 6.03. The predicted molar refractivity (Wildman–Crippen MR) is 76.7 cm³/mol. The molecule has 0 radical (unpaired) electrons. The average molecular weight is 247 g/mol. The summed E-state index contributed by atoms with van der Waals surface area (Å²) in [7, 11) is 2.10. The third kappa shape index (κ3) is 5.01. The highest BCUT2D eigenvalue weighted by atomic mass is 16.1. The lowest BCUT2D eigenvalue weighted by atomic mass is 9.87. The van der Waals surface area contributed by atoms with Gasteiger partial charge < -0.3 is 9.69 Å². The van der Waals surface area contributed by atoms with Crippen molar-refractivity contribution in [2.75, 3.05) is 20.1 Å². The molecule has 0 spiro atoms. The molecule has 1 unspecified atom stereocenters. The van der Waals surface area contributed by atoms with Crippen LogP contribution in [0.25, 0.3) is 0 Å². The van der Waals surface area contributed by atoms with E-state index in [9.17, 15) is 4.79 Å². The molecule has 0 aromatic heterocycles. The monoisotopic (exact) mass is 247 g/mol. The molecule has 1 aromatic rings. The van der Waals surface area contributed by atoms with Crippen LogP contribution in [0, 0.1) is 5.41 Å². The van der Waals surface area contributed by atoms with Crippen LogP contribution in [-0.4, -0.2) is 31.3 Å². The molecule has 0 N–H and O–H groups in total. The number of rotatable bonds is 8. The summed E-state index contributed by atoms with van der Waals surface area (Å²) < 4.78 is 0. The molecule has 0 bridgehead atoms. The first-order chi connectivity index (χ1) is 8.59. The summed E-state index contributed by atoms with van der Waals surface area (Å²) >= 11 is 0. The number of hydrogen-bond acceptors (Lipinski definition) is 2. The summed E-state index contributed by atoms with van der Waals surface area (Å²) in [4.78, 5) is 13.5. The minimum atomic E-state index is -0.194. The Balaban J connectivity index is 2.41. The first-order valence-corrected chi connectivity index (χ1v) is 6.78. The standard InChI is InChI=1S/C16H25NO/c1-4-11-16(2,14-18)13-17(3)12-10-15-8-6-5-7-9-15/h5-9,14H,4,10-13H2,1-3H3. The minimum absolute atomic E-state index is 0.194. The van der Waals surface area contributed by atoms with Crippen molar-refractivity contribution in [1.29, 1.82) is 0 Å². The van der Waals surface area contributed by atoms with Crippen molar-refractivity contribution in [3.8, 4) is 0 Å². The van der Waals surface area contributed by atoms with E-state index in [2.05, 4.69) is 50.1 Å². The predicted octanol–water partition coefficient (Wildman–Crippen LogP) is 3.17. The number of hydrogen-bond donors (Lipinski definition) is 0. The van der Waals surface area contributed by atoms with Crippen LogP contribution in [0.1, 0.15) is 32.3 Å². The topological polar surface area (TPSA) is 20.3 Å². The summed E-state index contributed by atoms with van der Waals surface area (Å²) in [5.41, 5.74) is 1.16. The fourth-order valence-corrected chi connectivity index (χ4v) is 2.41. The Kier molecular flexibility index (Phi) is 6.06. The quantitative estimate of drug-likeness (QED) is 0.658. The summed E-state index contributed by atoms with van der Waals surface area (Å²) in [5, 5.41) is 0. The number of likely N-dealkylation sites (N-methyl/N-ethyl adjacent to an activating group) is 1. The zero-order chi connectivity index (χ0) is 13.4. The van der Waals surface area contributed by atoms with E-state index in [-0.39, 0.29) is 5.41 Å². The van der Waals surface area contributed by atoms with Crippen LogP contribution < -0.4 is 0 Å². The van der Waals surface area contributed by atoms with E-state index in [1.807, 2.05) is 6.07 Å². The maximum atomic E-state index is 11.2. The van der Waals surface area contributed by atoms with Crippen LogP contribution in [0.3, 0.4) is 0 Å². The number of nitrogens with zero attached hydrogens (tertiary/aromatic N) is 1. The van der Waals surface area contributed by atoms with Gasteiger partial charge in [-0.15, -0.1) is 0 Å². The molecule has 0 saturated heterocycles. The lowest BCUT2D eigenvalue weighted by Crippen LogP contribution is -2.35. The van der Waals surface area contributed by atoms with Gasteiger partial charge >= 0.3 is 0 Å². The molecule has 0 aliphatic heterocycles. The van der Waals surface area contributed by atoms with E-state index in [0.717, 1.165) is 38.6 Å². The summed E-state index contributed by atoms with van der Waals surface area (Å²) in [6, 6.07) is 10.5. The smallest absolute Gasteiger partial charge is 0.127 e. The molecule has 0 amide bonds. The third-order valence-electron chi connectivity index (χ3n) is 3.36. The van der Waals surface area contributed by atoms with E-state index < -0.39 is 0 Å². The Hall–Kier alpha value is -1.15. The van der Waals surface area contributed by atoms with Crippen molar-refractivity contribution in [2.45, 2.75) is 33.1 Å². The van der Waals surface area contributed by atoms with E-state index in [4.69, 9.17) is 0 Å². The lowest BCUT2D eigenvalue weighted by molar-refractivity contribution is -0.116. The van der Waals surface area contributed by atoms with Crippen LogP contribution in [0.5, 0.6) is 0 Å². The van der Waals surface area contributed by atoms with Crippen LogP contribution in [-0.2, 0) is 11.2 Å². The van der Waals surface area contributed by atoms with Crippen LogP contribution >= 0.6 is 0 Å². The second-order valence-electron chi connectivity index (χ2n) is 5.50. The van der Waals surface area contributed by atoms with Crippen molar-refractivity contribution in [2.24, 2.45) is 5.41 Å². The zero-order valence-electron chi connectivity index (χ0n) is 11.9. The van der Waals surface area contributed by atoms with Gasteiger partial charge in [0.2, 0.25) is 0 Å². The highest BCUT2D eigenvalue weighted by Crippen LogP contribution is 2.21. The van der Waals surface area contributed by atoms with Crippen molar-refractivity contribution < 1.29 is 4.79 Å². The van der Waals surface area contributed by atoms with E-state index >= 15 is 0 Å². The Labute approximate surface area is 111 Å². The minimum Gasteiger partial charge on any atom is -0.305 e. The number of carbonyl (C=O) groups is 1. The first kappa shape index (κ1) is 14.9. The molecule has 100 valence electrons. The fraction of sp³-hybridized carbons (Fsp3) is 0.562. The molecule has 0 heterocycles. The summed E-state index contributed by atoms with van der Waals surface area (Å²) in [6.07, 6.45) is 4.18. The van der Waals surface area contributed by atoms with Gasteiger partial charge in [0.05, 0.1) is 0 Å². The fourth-order valence-electron chi connectivity index (χ4n) is 2.41. The SMILES string of the molecule is CCCC(C)(C=O)CN(C)CCc1ccccc1. The molecule has 18 heavy (non-hydrogen) atoms. The van der Waals surface area contributed by atoms with Gasteiger partial charge in [0.15, 0.2) is 0 Å². The third-order valence-corrected chi connectivity index (χ3v) is 3.36. The van der Waals surface area contributed by atoms with E-state index in [0.29, 0.717) is 0 Å². The molecule has 0 fully saturated rings. The van der Waals surface area contributed by atoms with E-state index in [1.54, 1.807) is 0 Å². The average Bonchev–Trinajstić information content (AvgIpc) is 2.38. The van der Waals surface area contributed by atoms with Crippen molar-refractivity contribution in [3.05, 3.63) is 35.9 Å². The zero-order valence-corrected chi connectivity index (χ0v) is 11.9. The van der Waals surface area contributed by atoms with Gasteiger partial charge in [-0.25, -0.2) is 0 Å². The second kappa shape index (κ2) is 7.32. The Bertz CT molecular complexity index is 349. The molecule has 2 heteroatoms. The van der Waals surface area contributed by atoms with E-state index in [1.165, 1.54) is 5.56 Å². The Morgan fingerprint density at radius 2 is 1.94 bits per heavy atom. The lowest BCUT2D eigenvalue weighted by Gasteiger charge is -2.28. The molecule has 0 saturated carbocycles. The first-order valence-electron chi connectivity index (χ1n) is 6.78. The molecule has 2 nitrogen and oxygen atoms in total. The Morgan fingerprint density at radius 1 is 1.28 bits per heavy atom. The van der Waals surface area contributed by atoms with Gasteiger partial charge in [0.1, 0.15) is 6.29 Å². The van der Waals surface area contributed by atoms with Crippen molar-refractivity contribution in [1.82, 2.24) is 4.90 Å². The second-order valence-corrected chi connectivity index (χ2v) is 5.50. The Morgan fingerprint density at radius 3 is 2.50 bits per heavy atom. The van der Waals surface area contributed by atoms with Crippen molar-refractivity contribution >= 4 is 6.29 Å². The number of carbonyl (C=O) groups excluding carboxylic acids is 1. The largest absolute Gasteiger partial charge is 0.305 e. The number of benzene rings is 1. The molecule has 1 atom stereocenters. The normalized spacial score (nSPS) is 14.4. The maximum Gasteiger partial charge on any atom is 0.127 e. The van der Waals surface area contributed by atoms with Gasteiger partial charge in [0, 0.05) is 18.5 Å². The highest BCUT2D eigenvalue weighted by molar-refractivity contribution is 5.58.